The third kappa shape index (κ3) is 6.99. The van der Waals surface area contributed by atoms with Gasteiger partial charge in [0.1, 0.15) is 6.26 Å². The maximum Gasteiger partial charge on any atom is 0.322 e. The second-order valence-electron chi connectivity index (χ2n) is 7.45. The molecule has 0 bridgehead atoms. The number of carbonyl (C=O) groups excluding carboxylic acids is 2. The van der Waals surface area contributed by atoms with Crippen LogP contribution in [0.25, 0.3) is 0 Å². The minimum atomic E-state index is -0.280. The Labute approximate surface area is 174 Å². The van der Waals surface area contributed by atoms with Crippen LogP contribution in [0.5, 0.6) is 0 Å². The van der Waals surface area contributed by atoms with Crippen LogP contribution in [0.15, 0.2) is 39.4 Å². The van der Waals surface area contributed by atoms with Gasteiger partial charge in [0.15, 0.2) is 5.69 Å². The molecule has 152 valence electrons. The van der Waals surface area contributed by atoms with Crippen LogP contribution in [0.1, 0.15) is 44.1 Å². The molecule has 0 atom stereocenters. The number of nitrogens with zero attached hydrogens (tertiary/aromatic N) is 2. The molecule has 0 aliphatic carbocycles. The van der Waals surface area contributed by atoms with Gasteiger partial charge in [0, 0.05) is 23.2 Å². The maximum atomic E-state index is 12.7. The lowest BCUT2D eigenvalue weighted by Crippen LogP contribution is -2.37. The number of aromatic nitrogens is 1. The standard InChI is InChI=1S/C20H27BrN4O3/c1-13(2)9-22-19(26)17-12-28-18(24-17)11-25(10-14(3)4)20(27)23-16-7-5-6-15(21)8-16/h5-8,12-14H,9-11H2,1-4H3,(H,22,26)(H,23,27). The van der Waals surface area contributed by atoms with Crippen LogP contribution in [-0.4, -0.2) is 34.9 Å². The number of oxazole rings is 1. The lowest BCUT2D eigenvalue weighted by atomic mass is 10.2. The molecule has 1 aromatic heterocycles. The third-order valence-corrected chi connectivity index (χ3v) is 4.22. The van der Waals surface area contributed by atoms with E-state index in [2.05, 4.69) is 31.5 Å². The molecular weight excluding hydrogens is 424 g/mol. The van der Waals surface area contributed by atoms with Crippen molar-refractivity contribution in [2.75, 3.05) is 18.4 Å². The highest BCUT2D eigenvalue weighted by molar-refractivity contribution is 9.10. The molecule has 2 rings (SSSR count). The van der Waals surface area contributed by atoms with E-state index in [0.29, 0.717) is 30.6 Å². The molecule has 0 spiro atoms. The average Bonchev–Trinajstić information content (AvgIpc) is 3.07. The van der Waals surface area contributed by atoms with Gasteiger partial charge in [-0.1, -0.05) is 49.7 Å². The van der Waals surface area contributed by atoms with E-state index < -0.39 is 0 Å². The van der Waals surface area contributed by atoms with E-state index in [-0.39, 0.29) is 30.1 Å². The highest BCUT2D eigenvalue weighted by Gasteiger charge is 2.20. The summed E-state index contributed by atoms with van der Waals surface area (Å²) in [6, 6.07) is 7.13. The van der Waals surface area contributed by atoms with E-state index in [1.54, 1.807) is 4.90 Å². The number of anilines is 1. The van der Waals surface area contributed by atoms with E-state index in [1.165, 1.54) is 6.26 Å². The van der Waals surface area contributed by atoms with Gasteiger partial charge in [0.25, 0.3) is 5.91 Å². The zero-order valence-electron chi connectivity index (χ0n) is 16.7. The minimum Gasteiger partial charge on any atom is -0.446 e. The number of hydrogen-bond donors (Lipinski definition) is 2. The Morgan fingerprint density at radius 1 is 1.21 bits per heavy atom. The summed E-state index contributed by atoms with van der Waals surface area (Å²) in [6.45, 7) is 9.35. The number of hydrogen-bond acceptors (Lipinski definition) is 4. The lowest BCUT2D eigenvalue weighted by molar-refractivity contribution is 0.0944. The van der Waals surface area contributed by atoms with Crippen LogP contribution >= 0.6 is 15.9 Å². The average molecular weight is 451 g/mol. The summed E-state index contributed by atoms with van der Waals surface area (Å²) in [4.78, 5) is 30.7. The van der Waals surface area contributed by atoms with Gasteiger partial charge < -0.3 is 20.0 Å². The van der Waals surface area contributed by atoms with Gasteiger partial charge in [-0.2, -0.15) is 0 Å². The van der Waals surface area contributed by atoms with E-state index in [9.17, 15) is 9.59 Å². The molecule has 0 aliphatic heterocycles. The van der Waals surface area contributed by atoms with Crippen molar-refractivity contribution in [3.63, 3.8) is 0 Å². The molecule has 1 heterocycles. The zero-order valence-corrected chi connectivity index (χ0v) is 18.2. The zero-order chi connectivity index (χ0) is 20.7. The Hall–Kier alpha value is -2.35. The molecule has 0 saturated carbocycles. The number of nitrogens with one attached hydrogen (secondary N) is 2. The van der Waals surface area contributed by atoms with Crippen LogP contribution in [0, 0.1) is 11.8 Å². The summed E-state index contributed by atoms with van der Waals surface area (Å²) >= 11 is 3.39. The SMILES string of the molecule is CC(C)CNC(=O)c1coc(CN(CC(C)C)C(=O)Nc2cccc(Br)c2)n1. The summed E-state index contributed by atoms with van der Waals surface area (Å²) in [7, 11) is 0. The van der Waals surface area contributed by atoms with Crippen molar-refractivity contribution < 1.29 is 14.0 Å². The summed E-state index contributed by atoms with van der Waals surface area (Å²) in [5, 5.41) is 5.68. The minimum absolute atomic E-state index is 0.176. The quantitative estimate of drug-likeness (QED) is 0.618. The van der Waals surface area contributed by atoms with E-state index >= 15 is 0 Å². The number of urea groups is 1. The van der Waals surface area contributed by atoms with Gasteiger partial charge >= 0.3 is 6.03 Å². The van der Waals surface area contributed by atoms with Crippen molar-refractivity contribution in [2.45, 2.75) is 34.2 Å². The van der Waals surface area contributed by atoms with Crippen LogP contribution in [0.2, 0.25) is 0 Å². The fourth-order valence-electron chi connectivity index (χ4n) is 2.47. The monoisotopic (exact) mass is 450 g/mol. The first-order valence-corrected chi connectivity index (χ1v) is 10.1. The van der Waals surface area contributed by atoms with Crippen LogP contribution in [0.3, 0.4) is 0 Å². The van der Waals surface area contributed by atoms with Crippen LogP contribution in [0.4, 0.5) is 10.5 Å². The molecule has 3 amide bonds. The smallest absolute Gasteiger partial charge is 0.322 e. The van der Waals surface area contributed by atoms with E-state index in [1.807, 2.05) is 52.0 Å². The first-order chi connectivity index (χ1) is 13.2. The fourth-order valence-corrected chi connectivity index (χ4v) is 2.87. The van der Waals surface area contributed by atoms with Gasteiger partial charge in [0.05, 0.1) is 6.54 Å². The fraction of sp³-hybridized carbons (Fsp3) is 0.450. The Bertz CT molecular complexity index is 804. The normalized spacial score (nSPS) is 11.0. The molecule has 2 N–H and O–H groups in total. The molecule has 1 aromatic carbocycles. The Morgan fingerprint density at radius 2 is 1.96 bits per heavy atom. The summed E-state index contributed by atoms with van der Waals surface area (Å²) in [5.41, 5.74) is 0.904. The number of benzene rings is 1. The largest absolute Gasteiger partial charge is 0.446 e. The molecule has 0 fully saturated rings. The maximum absolute atomic E-state index is 12.7. The molecule has 0 aliphatic rings. The predicted octanol–water partition coefficient (Wildman–Crippen LogP) is 4.51. The van der Waals surface area contributed by atoms with Crippen LogP contribution in [-0.2, 0) is 6.54 Å². The number of halogens is 1. The van der Waals surface area contributed by atoms with Crippen molar-refractivity contribution >= 4 is 33.6 Å². The Morgan fingerprint density at radius 3 is 2.61 bits per heavy atom. The van der Waals surface area contributed by atoms with Crippen molar-refractivity contribution in [2.24, 2.45) is 11.8 Å². The second kappa shape index (κ2) is 10.3. The van der Waals surface area contributed by atoms with Gasteiger partial charge in [-0.05, 0) is 30.0 Å². The second-order valence-corrected chi connectivity index (χ2v) is 8.36. The summed E-state index contributed by atoms with van der Waals surface area (Å²) < 4.78 is 6.30. The Balaban J connectivity index is 2.05. The van der Waals surface area contributed by atoms with Gasteiger partial charge in [-0.25, -0.2) is 9.78 Å². The molecule has 2 aromatic rings. The van der Waals surface area contributed by atoms with Gasteiger partial charge in [0.2, 0.25) is 5.89 Å². The first kappa shape index (κ1) is 21.9. The van der Waals surface area contributed by atoms with Crippen molar-refractivity contribution in [1.29, 1.82) is 0 Å². The lowest BCUT2D eigenvalue weighted by Gasteiger charge is -2.23. The van der Waals surface area contributed by atoms with Gasteiger partial charge in [-0.15, -0.1) is 0 Å². The molecule has 0 saturated heterocycles. The Kier molecular flexibility index (Phi) is 8.04. The van der Waals surface area contributed by atoms with Gasteiger partial charge in [-0.3, -0.25) is 4.79 Å². The highest BCUT2D eigenvalue weighted by atomic mass is 79.9. The number of rotatable bonds is 8. The molecule has 7 nitrogen and oxygen atoms in total. The number of carbonyl (C=O) groups is 2. The van der Waals surface area contributed by atoms with Crippen molar-refractivity contribution in [3.05, 3.63) is 46.6 Å². The molecule has 0 unspecified atom stereocenters. The molecular formula is C20H27BrN4O3. The first-order valence-electron chi connectivity index (χ1n) is 9.28. The summed E-state index contributed by atoms with van der Waals surface area (Å²) in [5.74, 6) is 0.646. The third-order valence-electron chi connectivity index (χ3n) is 3.73. The highest BCUT2D eigenvalue weighted by Crippen LogP contribution is 2.17. The topological polar surface area (TPSA) is 87.5 Å². The summed E-state index contributed by atoms with van der Waals surface area (Å²) in [6.07, 6.45) is 1.32. The number of amides is 3. The van der Waals surface area contributed by atoms with E-state index in [4.69, 9.17) is 4.42 Å². The molecule has 28 heavy (non-hydrogen) atoms. The van der Waals surface area contributed by atoms with Crippen molar-refractivity contribution in [1.82, 2.24) is 15.2 Å². The molecule has 8 heteroatoms. The van der Waals surface area contributed by atoms with Crippen molar-refractivity contribution in [3.8, 4) is 0 Å². The van der Waals surface area contributed by atoms with E-state index in [0.717, 1.165) is 4.47 Å². The molecule has 0 radical (unpaired) electrons. The van der Waals surface area contributed by atoms with Crippen LogP contribution < -0.4 is 10.6 Å². The predicted molar refractivity (Wildman–Crippen MR) is 112 cm³/mol.